The van der Waals surface area contributed by atoms with Gasteiger partial charge >= 0.3 is 0 Å². The van der Waals surface area contributed by atoms with E-state index >= 15 is 0 Å². The van der Waals surface area contributed by atoms with Gasteiger partial charge in [0.05, 0.1) is 18.0 Å². The van der Waals surface area contributed by atoms with Gasteiger partial charge in [0, 0.05) is 25.7 Å². The number of nitrogens with one attached hydrogen (secondary N) is 2. The van der Waals surface area contributed by atoms with Crippen LogP contribution in [0.15, 0.2) is 53.3 Å². The highest BCUT2D eigenvalue weighted by Crippen LogP contribution is 2.14. The van der Waals surface area contributed by atoms with Gasteiger partial charge < -0.3 is 19.9 Å². The molecule has 29 heavy (non-hydrogen) atoms. The van der Waals surface area contributed by atoms with Crippen LogP contribution in [0.5, 0.6) is 5.75 Å². The second-order valence-electron chi connectivity index (χ2n) is 6.50. The average Bonchev–Trinajstić information content (AvgIpc) is 2.75. The van der Waals surface area contributed by atoms with Crippen molar-refractivity contribution in [2.75, 3.05) is 27.2 Å². The fourth-order valence-electron chi connectivity index (χ4n) is 2.87. The first-order chi connectivity index (χ1) is 14.0. The second kappa shape index (κ2) is 9.01. The van der Waals surface area contributed by atoms with E-state index in [-0.39, 0.29) is 17.3 Å². The molecule has 1 aromatic heterocycles. The molecular weight excluding hydrogens is 372 g/mol. The minimum Gasteiger partial charge on any atom is -0.497 e. The molecule has 0 saturated carbocycles. The van der Waals surface area contributed by atoms with E-state index in [0.717, 1.165) is 0 Å². The van der Waals surface area contributed by atoms with Gasteiger partial charge in [-0.1, -0.05) is 18.2 Å². The molecule has 0 fully saturated rings. The van der Waals surface area contributed by atoms with Crippen LogP contribution in [0, 0.1) is 0 Å². The number of nitrogens with zero attached hydrogens (tertiary/aromatic N) is 2. The van der Waals surface area contributed by atoms with Crippen LogP contribution < -0.4 is 15.6 Å². The summed E-state index contributed by atoms with van der Waals surface area (Å²) in [5.74, 6) is -0.00622. The lowest BCUT2D eigenvalue weighted by Crippen LogP contribution is -2.32. The zero-order valence-corrected chi connectivity index (χ0v) is 16.3. The van der Waals surface area contributed by atoms with Crippen molar-refractivity contribution in [3.8, 4) is 5.75 Å². The summed E-state index contributed by atoms with van der Waals surface area (Å²) in [5.41, 5.74) is 0.642. The van der Waals surface area contributed by atoms with Gasteiger partial charge in [-0.15, -0.1) is 0 Å². The highest BCUT2D eigenvalue weighted by atomic mass is 16.5. The topological polar surface area (TPSA) is 104 Å². The first-order valence-corrected chi connectivity index (χ1v) is 9.16. The molecule has 0 radical (unpaired) electrons. The number of para-hydroxylation sites is 1. The number of aromatic nitrogens is 2. The van der Waals surface area contributed by atoms with Crippen LogP contribution in [0.1, 0.15) is 27.4 Å². The van der Waals surface area contributed by atoms with Crippen LogP contribution in [-0.2, 0) is 0 Å². The number of ether oxygens (including phenoxy) is 1. The Balaban J connectivity index is 1.53. The Bertz CT molecular complexity index is 1090. The van der Waals surface area contributed by atoms with Crippen LogP contribution in [0.2, 0.25) is 0 Å². The van der Waals surface area contributed by atoms with E-state index in [0.29, 0.717) is 41.7 Å². The summed E-state index contributed by atoms with van der Waals surface area (Å²) in [6.07, 6.45) is 0.551. The molecule has 0 unspecified atom stereocenters. The summed E-state index contributed by atoms with van der Waals surface area (Å²) in [7, 11) is 3.25. The molecule has 0 saturated heterocycles. The van der Waals surface area contributed by atoms with E-state index in [4.69, 9.17) is 4.74 Å². The Labute approximate surface area is 167 Å². The van der Waals surface area contributed by atoms with Crippen molar-refractivity contribution in [2.24, 2.45) is 0 Å². The summed E-state index contributed by atoms with van der Waals surface area (Å²) in [6, 6.07) is 13.8. The number of hydrogen-bond donors (Lipinski definition) is 2. The lowest BCUT2D eigenvalue weighted by molar-refractivity contribution is 0.0793. The molecule has 8 nitrogen and oxygen atoms in total. The Morgan fingerprint density at radius 3 is 2.76 bits per heavy atom. The molecule has 2 aromatic carbocycles. The molecule has 2 N–H and O–H groups in total. The van der Waals surface area contributed by atoms with Crippen molar-refractivity contribution in [1.82, 2.24) is 20.2 Å². The summed E-state index contributed by atoms with van der Waals surface area (Å²) < 4.78 is 5.14. The normalized spacial score (nSPS) is 10.6. The zero-order valence-electron chi connectivity index (χ0n) is 16.3. The third kappa shape index (κ3) is 4.78. The number of hydrogen-bond acceptors (Lipinski definition) is 5. The smallest absolute Gasteiger partial charge is 0.287 e. The van der Waals surface area contributed by atoms with Crippen molar-refractivity contribution in [2.45, 2.75) is 6.42 Å². The minimum absolute atomic E-state index is 0.0329. The molecule has 0 aliphatic rings. The van der Waals surface area contributed by atoms with Gasteiger partial charge in [-0.25, -0.2) is 4.98 Å². The standard InChI is InChI=1S/C21H22N4O4/c1-25(21(28)14-7-5-8-15(13-14)29-2)12-6-11-22-20(27)18-23-17-10-4-3-9-16(17)19(26)24-18/h3-5,7-10,13H,6,11-12H2,1-2H3,(H,22,27)(H,23,24,26). The van der Waals surface area contributed by atoms with E-state index < -0.39 is 5.91 Å². The van der Waals surface area contributed by atoms with E-state index in [2.05, 4.69) is 15.3 Å². The Kier molecular flexibility index (Phi) is 6.23. The van der Waals surface area contributed by atoms with Gasteiger partial charge in [0.15, 0.2) is 5.82 Å². The zero-order chi connectivity index (χ0) is 20.8. The SMILES string of the molecule is COc1cccc(C(=O)N(C)CCCNC(=O)c2nc3ccccc3c(=O)[nH]2)c1. The van der Waals surface area contributed by atoms with Crippen LogP contribution in [0.3, 0.4) is 0 Å². The first-order valence-electron chi connectivity index (χ1n) is 9.16. The minimum atomic E-state index is -0.463. The van der Waals surface area contributed by atoms with Crippen molar-refractivity contribution in [3.63, 3.8) is 0 Å². The summed E-state index contributed by atoms with van der Waals surface area (Å²) in [5, 5.41) is 3.15. The number of methoxy groups -OCH3 is 1. The number of carbonyl (C=O) groups is 2. The van der Waals surface area contributed by atoms with E-state index in [9.17, 15) is 14.4 Å². The number of benzene rings is 2. The van der Waals surface area contributed by atoms with Crippen molar-refractivity contribution < 1.29 is 14.3 Å². The molecule has 3 aromatic rings. The third-order valence-corrected chi connectivity index (χ3v) is 4.45. The van der Waals surface area contributed by atoms with Crippen LogP contribution in [0.25, 0.3) is 10.9 Å². The fraction of sp³-hybridized carbons (Fsp3) is 0.238. The molecule has 0 aliphatic carbocycles. The maximum atomic E-state index is 12.5. The molecule has 0 atom stereocenters. The molecule has 0 aliphatic heterocycles. The van der Waals surface area contributed by atoms with Crippen LogP contribution in [-0.4, -0.2) is 53.9 Å². The largest absolute Gasteiger partial charge is 0.497 e. The van der Waals surface area contributed by atoms with Gasteiger partial charge in [-0.3, -0.25) is 14.4 Å². The lowest BCUT2D eigenvalue weighted by atomic mass is 10.2. The number of fused-ring (bicyclic) bond motifs is 1. The maximum Gasteiger partial charge on any atom is 0.287 e. The highest BCUT2D eigenvalue weighted by Gasteiger charge is 2.13. The van der Waals surface area contributed by atoms with Gasteiger partial charge in [0.25, 0.3) is 17.4 Å². The molecule has 150 valence electrons. The molecule has 3 rings (SSSR count). The van der Waals surface area contributed by atoms with Crippen molar-refractivity contribution >= 4 is 22.7 Å². The molecule has 0 bridgehead atoms. The predicted octanol–water partition coefficient (Wildman–Crippen LogP) is 1.82. The van der Waals surface area contributed by atoms with Crippen molar-refractivity contribution in [1.29, 1.82) is 0 Å². The predicted molar refractivity (Wildman–Crippen MR) is 109 cm³/mol. The molecule has 8 heteroatoms. The van der Waals surface area contributed by atoms with Gasteiger partial charge in [-0.05, 0) is 36.8 Å². The van der Waals surface area contributed by atoms with E-state index in [1.165, 1.54) is 0 Å². The number of rotatable bonds is 7. The van der Waals surface area contributed by atoms with Crippen molar-refractivity contribution in [3.05, 3.63) is 70.3 Å². The average molecular weight is 394 g/mol. The summed E-state index contributed by atoms with van der Waals surface area (Å²) in [6.45, 7) is 0.795. The quantitative estimate of drug-likeness (QED) is 0.595. The van der Waals surface area contributed by atoms with Crippen LogP contribution in [0.4, 0.5) is 0 Å². The number of aromatic amines is 1. The maximum absolute atomic E-state index is 12.5. The number of amides is 2. The summed E-state index contributed by atoms with van der Waals surface area (Å²) >= 11 is 0. The highest BCUT2D eigenvalue weighted by molar-refractivity contribution is 5.94. The van der Waals surface area contributed by atoms with E-state index in [1.54, 1.807) is 67.6 Å². The van der Waals surface area contributed by atoms with Gasteiger partial charge in [0.2, 0.25) is 0 Å². The fourth-order valence-corrected chi connectivity index (χ4v) is 2.87. The Hall–Kier alpha value is -3.68. The molecule has 2 amide bonds. The Morgan fingerprint density at radius 2 is 1.97 bits per heavy atom. The second-order valence-corrected chi connectivity index (χ2v) is 6.50. The van der Waals surface area contributed by atoms with Crippen LogP contribution >= 0.6 is 0 Å². The Morgan fingerprint density at radius 1 is 1.17 bits per heavy atom. The monoisotopic (exact) mass is 394 g/mol. The molecule has 0 spiro atoms. The van der Waals surface area contributed by atoms with E-state index in [1.807, 2.05) is 0 Å². The summed E-state index contributed by atoms with van der Waals surface area (Å²) in [4.78, 5) is 45.0. The van der Waals surface area contributed by atoms with Gasteiger partial charge in [0.1, 0.15) is 5.75 Å². The lowest BCUT2D eigenvalue weighted by Gasteiger charge is -2.17. The number of H-pyrrole nitrogens is 1. The van der Waals surface area contributed by atoms with Gasteiger partial charge in [-0.2, -0.15) is 0 Å². The molecule has 1 heterocycles. The first kappa shape index (κ1) is 20.1. The molecular formula is C21H22N4O4. The third-order valence-electron chi connectivity index (χ3n) is 4.45. The number of carbonyl (C=O) groups excluding carboxylic acids is 2.